The zero-order valence-corrected chi connectivity index (χ0v) is 22.5. The first kappa shape index (κ1) is 30.1. The number of esters is 1. The van der Waals surface area contributed by atoms with Crippen LogP contribution in [-0.4, -0.2) is 37.4 Å². The molecule has 0 aliphatic carbocycles. The SMILES string of the molecule is CCCCCCCCCCCCCCCCOC(=O)Cc1ccccc1N(CCCl)CCCl. The van der Waals surface area contributed by atoms with Crippen LogP contribution in [0.15, 0.2) is 24.3 Å². The van der Waals surface area contributed by atoms with E-state index in [1.807, 2.05) is 24.3 Å². The van der Waals surface area contributed by atoms with Crippen LogP contribution in [-0.2, 0) is 16.0 Å². The summed E-state index contributed by atoms with van der Waals surface area (Å²) in [6.45, 7) is 4.21. The fraction of sp³-hybridized carbons (Fsp3) is 0.750. The number of unbranched alkanes of at least 4 members (excludes halogenated alkanes) is 13. The monoisotopic (exact) mass is 499 g/mol. The molecule has 0 aromatic heterocycles. The van der Waals surface area contributed by atoms with E-state index in [1.165, 1.54) is 77.0 Å². The number of nitrogens with zero attached hydrogens (tertiary/aromatic N) is 1. The van der Waals surface area contributed by atoms with Gasteiger partial charge >= 0.3 is 5.97 Å². The zero-order valence-electron chi connectivity index (χ0n) is 21.0. The number of ether oxygens (including phenoxy) is 1. The minimum atomic E-state index is -0.158. The van der Waals surface area contributed by atoms with E-state index in [0.29, 0.717) is 31.5 Å². The Labute approximate surface area is 213 Å². The van der Waals surface area contributed by atoms with Crippen molar-refractivity contribution in [1.29, 1.82) is 0 Å². The number of hydrogen-bond acceptors (Lipinski definition) is 3. The highest BCUT2D eigenvalue weighted by Crippen LogP contribution is 2.21. The second-order valence-corrected chi connectivity index (χ2v) is 9.74. The lowest BCUT2D eigenvalue weighted by Gasteiger charge is -2.25. The molecule has 0 spiro atoms. The number of carbonyl (C=O) groups excluding carboxylic acids is 1. The van der Waals surface area contributed by atoms with Crippen LogP contribution in [0.25, 0.3) is 0 Å². The molecule has 5 heteroatoms. The van der Waals surface area contributed by atoms with Gasteiger partial charge in [-0.3, -0.25) is 4.79 Å². The molecule has 0 aliphatic heterocycles. The smallest absolute Gasteiger partial charge is 0.310 e. The van der Waals surface area contributed by atoms with Crippen molar-refractivity contribution in [2.24, 2.45) is 0 Å². The molecule has 0 bridgehead atoms. The van der Waals surface area contributed by atoms with Crippen molar-refractivity contribution in [3.05, 3.63) is 29.8 Å². The largest absolute Gasteiger partial charge is 0.465 e. The molecule has 3 nitrogen and oxygen atoms in total. The van der Waals surface area contributed by atoms with Gasteiger partial charge in [0, 0.05) is 30.5 Å². The summed E-state index contributed by atoms with van der Waals surface area (Å²) in [4.78, 5) is 14.5. The van der Waals surface area contributed by atoms with E-state index < -0.39 is 0 Å². The molecule has 0 aliphatic rings. The molecule has 0 radical (unpaired) electrons. The Balaban J connectivity index is 2.08. The van der Waals surface area contributed by atoms with Gasteiger partial charge in [0.1, 0.15) is 0 Å². The average molecular weight is 501 g/mol. The molecular formula is C28H47Cl2NO2. The summed E-state index contributed by atoms with van der Waals surface area (Å²) in [5.41, 5.74) is 1.99. The number of halogens is 2. The number of para-hydroxylation sites is 1. The molecule has 190 valence electrons. The van der Waals surface area contributed by atoms with Gasteiger partial charge in [-0.2, -0.15) is 0 Å². The maximum Gasteiger partial charge on any atom is 0.310 e. The molecule has 0 N–H and O–H groups in total. The summed E-state index contributed by atoms with van der Waals surface area (Å²) in [5.74, 6) is 0.887. The standard InChI is InChI=1S/C28H47Cl2NO2/c1-2-3-4-5-6-7-8-9-10-11-12-13-14-17-24-33-28(32)25-26-18-15-16-19-27(26)31(22-20-29)23-21-30/h15-16,18-19H,2-14,17,20-25H2,1H3. The highest BCUT2D eigenvalue weighted by atomic mass is 35.5. The second kappa shape index (κ2) is 21.6. The van der Waals surface area contributed by atoms with Crippen LogP contribution in [0.4, 0.5) is 5.69 Å². The first-order valence-electron chi connectivity index (χ1n) is 13.3. The molecule has 0 fully saturated rings. The van der Waals surface area contributed by atoms with Crippen molar-refractivity contribution >= 4 is 34.9 Å². The Morgan fingerprint density at radius 3 is 1.76 bits per heavy atom. The third kappa shape index (κ3) is 15.6. The highest BCUT2D eigenvalue weighted by molar-refractivity contribution is 6.18. The Kier molecular flexibility index (Phi) is 19.7. The van der Waals surface area contributed by atoms with E-state index in [9.17, 15) is 4.79 Å². The van der Waals surface area contributed by atoms with Gasteiger partial charge in [0.05, 0.1) is 13.0 Å². The van der Waals surface area contributed by atoms with Gasteiger partial charge in [-0.15, -0.1) is 23.2 Å². The predicted molar refractivity (Wildman–Crippen MR) is 145 cm³/mol. The number of carbonyl (C=O) groups is 1. The van der Waals surface area contributed by atoms with E-state index in [1.54, 1.807) is 0 Å². The molecule has 0 amide bonds. The van der Waals surface area contributed by atoms with E-state index in [4.69, 9.17) is 27.9 Å². The van der Waals surface area contributed by atoms with E-state index in [-0.39, 0.29) is 12.4 Å². The molecule has 1 aromatic rings. The molecule has 33 heavy (non-hydrogen) atoms. The van der Waals surface area contributed by atoms with Crippen molar-refractivity contribution in [2.45, 2.75) is 103 Å². The fourth-order valence-corrected chi connectivity index (χ4v) is 4.62. The molecule has 1 rings (SSSR count). The number of benzene rings is 1. The Hall–Kier alpha value is -0.930. The van der Waals surface area contributed by atoms with Crippen molar-refractivity contribution < 1.29 is 9.53 Å². The maximum absolute atomic E-state index is 12.3. The summed E-state index contributed by atoms with van der Waals surface area (Å²) in [5, 5.41) is 0. The lowest BCUT2D eigenvalue weighted by Crippen LogP contribution is -2.29. The minimum absolute atomic E-state index is 0.158. The van der Waals surface area contributed by atoms with Gasteiger partial charge < -0.3 is 9.64 Å². The minimum Gasteiger partial charge on any atom is -0.465 e. The number of hydrogen-bond donors (Lipinski definition) is 0. The average Bonchev–Trinajstić information content (AvgIpc) is 2.82. The number of rotatable bonds is 22. The first-order valence-corrected chi connectivity index (χ1v) is 14.4. The molecule has 0 heterocycles. The van der Waals surface area contributed by atoms with Crippen molar-refractivity contribution in [2.75, 3.05) is 36.4 Å². The van der Waals surface area contributed by atoms with Crippen LogP contribution in [0.3, 0.4) is 0 Å². The van der Waals surface area contributed by atoms with Gasteiger partial charge in [-0.05, 0) is 18.1 Å². The van der Waals surface area contributed by atoms with Crippen molar-refractivity contribution in [3.63, 3.8) is 0 Å². The topological polar surface area (TPSA) is 29.5 Å². The van der Waals surface area contributed by atoms with Gasteiger partial charge in [-0.25, -0.2) is 0 Å². The van der Waals surface area contributed by atoms with E-state index >= 15 is 0 Å². The lowest BCUT2D eigenvalue weighted by atomic mass is 10.0. The van der Waals surface area contributed by atoms with Crippen LogP contribution >= 0.6 is 23.2 Å². The third-order valence-corrected chi connectivity index (χ3v) is 6.47. The van der Waals surface area contributed by atoms with E-state index in [2.05, 4.69) is 11.8 Å². The Morgan fingerprint density at radius 1 is 0.758 bits per heavy atom. The van der Waals surface area contributed by atoms with Crippen LogP contribution in [0.5, 0.6) is 0 Å². The summed E-state index contributed by atoms with van der Waals surface area (Å²) < 4.78 is 5.50. The number of anilines is 1. The second-order valence-electron chi connectivity index (χ2n) is 8.99. The lowest BCUT2D eigenvalue weighted by molar-refractivity contribution is -0.142. The van der Waals surface area contributed by atoms with Gasteiger partial charge in [0.15, 0.2) is 0 Å². The summed E-state index contributed by atoms with van der Waals surface area (Å²) >= 11 is 11.9. The van der Waals surface area contributed by atoms with Crippen LogP contribution in [0.1, 0.15) is 102 Å². The predicted octanol–water partition coefficient (Wildman–Crippen LogP) is 8.54. The van der Waals surface area contributed by atoms with Crippen molar-refractivity contribution in [1.82, 2.24) is 0 Å². The maximum atomic E-state index is 12.3. The van der Waals surface area contributed by atoms with Gasteiger partial charge in [0.25, 0.3) is 0 Å². The third-order valence-electron chi connectivity index (χ3n) is 6.14. The van der Waals surface area contributed by atoms with Crippen molar-refractivity contribution in [3.8, 4) is 0 Å². The highest BCUT2D eigenvalue weighted by Gasteiger charge is 2.13. The molecule has 0 saturated heterocycles. The quantitative estimate of drug-likeness (QED) is 0.0908. The van der Waals surface area contributed by atoms with Crippen LogP contribution in [0.2, 0.25) is 0 Å². The normalized spacial score (nSPS) is 11.0. The molecular weight excluding hydrogens is 453 g/mol. The summed E-state index contributed by atoms with van der Waals surface area (Å²) in [6.07, 6.45) is 18.8. The van der Waals surface area contributed by atoms with E-state index in [0.717, 1.165) is 24.1 Å². The summed E-state index contributed by atoms with van der Waals surface area (Å²) in [6, 6.07) is 7.95. The fourth-order valence-electron chi connectivity index (χ4n) is 4.21. The molecule has 0 atom stereocenters. The molecule has 0 unspecified atom stereocenters. The first-order chi connectivity index (χ1) is 16.2. The van der Waals surface area contributed by atoms with Gasteiger partial charge in [-0.1, -0.05) is 109 Å². The summed E-state index contributed by atoms with van der Waals surface area (Å²) in [7, 11) is 0. The number of alkyl halides is 2. The molecule has 1 aromatic carbocycles. The Bertz CT molecular complexity index is 591. The van der Waals surface area contributed by atoms with Crippen LogP contribution in [0, 0.1) is 0 Å². The van der Waals surface area contributed by atoms with Gasteiger partial charge in [0.2, 0.25) is 0 Å². The zero-order chi connectivity index (χ0) is 24.0. The molecule has 0 saturated carbocycles. The van der Waals surface area contributed by atoms with Crippen LogP contribution < -0.4 is 4.90 Å². The Morgan fingerprint density at radius 2 is 1.24 bits per heavy atom.